The van der Waals surface area contributed by atoms with Crippen LogP contribution in [0.25, 0.3) is 12.2 Å². The number of hydrogen-bond acceptors (Lipinski definition) is 20. The van der Waals surface area contributed by atoms with Crippen molar-refractivity contribution in [2.24, 2.45) is 49.6 Å². The number of amides is 1. The van der Waals surface area contributed by atoms with Crippen molar-refractivity contribution in [2.75, 3.05) is 26.3 Å². The van der Waals surface area contributed by atoms with E-state index in [9.17, 15) is 19.2 Å². The molecule has 1 amide bonds. The van der Waals surface area contributed by atoms with Crippen LogP contribution in [0.5, 0.6) is 0 Å². The van der Waals surface area contributed by atoms with E-state index in [2.05, 4.69) is 110 Å². The number of nitrogens with two attached hydrogens (primary N) is 7. The third-order valence-electron chi connectivity index (χ3n) is 8.32. The fraction of sp³-hybridized carbons (Fsp3) is 0.400. The smallest absolute Gasteiger partial charge is 1.00 e. The zero-order chi connectivity index (χ0) is 58.5. The van der Waals surface area contributed by atoms with Crippen LogP contribution in [0.15, 0.2) is 47.9 Å². The van der Waals surface area contributed by atoms with Crippen LogP contribution in [0.3, 0.4) is 0 Å². The number of aliphatic hydroxyl groups excluding tert-OH is 3. The molecule has 437 valence electrons. The number of aromatic amines is 4. The molecule has 3 unspecified atom stereocenters. The van der Waals surface area contributed by atoms with Gasteiger partial charge in [0, 0.05) is 40.1 Å². The number of amidine groups is 1. The fourth-order valence-electron chi connectivity index (χ4n) is 4.55. The number of aliphatic hydroxyl groups is 3. The van der Waals surface area contributed by atoms with Crippen molar-refractivity contribution in [3.63, 3.8) is 0 Å². The Morgan fingerprint density at radius 1 is 0.810 bits per heavy atom. The van der Waals surface area contributed by atoms with Gasteiger partial charge in [0.05, 0.1) is 81.7 Å². The van der Waals surface area contributed by atoms with Crippen molar-refractivity contribution in [1.29, 1.82) is 10.8 Å². The summed E-state index contributed by atoms with van der Waals surface area (Å²) in [5, 5.41) is 39.6. The first-order valence-electron chi connectivity index (χ1n) is 21.8. The third-order valence-corrected chi connectivity index (χ3v) is 9.01. The molecule has 26 N–H and O–H groups in total. The molecule has 34 heteroatoms. The molecule has 0 saturated carbocycles. The van der Waals surface area contributed by atoms with E-state index in [0.717, 1.165) is 35.5 Å². The molecule has 5 rings (SSSR count). The molecule has 1 aliphatic heterocycles. The number of carbonyl (C=O) groups is 4. The van der Waals surface area contributed by atoms with Gasteiger partial charge in [-0.3, -0.25) is 30.4 Å². The number of halogens is 1. The van der Waals surface area contributed by atoms with Crippen LogP contribution in [0.4, 0.5) is 0 Å². The number of ketones is 1. The van der Waals surface area contributed by atoms with Gasteiger partial charge in [0.1, 0.15) is 35.2 Å². The number of nitrogens with one attached hydrogen (secondary N) is 6. The standard InChI is InChI=1S/C9H12N2O2.C8H16N6O.C7H10N4OS.C7H10N2O.C6H9ClO3.C3H6N2.C3H5NO.CH5N3.CH4.Al.Li.H3N.H/c1-4-7-10-6(3)8(11-7)9(12)13-5-2;1-4-6(3-15)14-7(13-4)5(9)2-12-8(10)11;1-4-5(3-12)9-7(8-4)6-2-11(6)10-13;1-3-7-8-5(2)6(4-10)9-7;1-3-10-6(9)5(7)4(2)8;2*1-2-3(4)5;2-1(3)4;;;;;/h4H,1,5H2,2-3H3,(H,10,11);5,15H,2-3,9H2,1H3,(H,13,14)(H4,10,11,12);6,12H,2-3H2,1H3,(H,8,9);3,10H,1,4H2,2H3,(H,8,9);5H,3H2,1-2H3;2H,1H2,(H3,4,5);2H,1H2,(H2,4,5);(H5,2,3,4);1H4;;;1H3;/q;;;;;;;;;;+1;;-1. The maximum Gasteiger partial charge on any atom is 1.00 e. The quantitative estimate of drug-likeness (QED) is 0.00792. The number of aliphatic imine (C=N–C) groups is 1. The van der Waals surface area contributed by atoms with Gasteiger partial charge in [-0.05, 0) is 72.8 Å². The fourth-order valence-corrected chi connectivity index (χ4v) is 4.80. The molecule has 4 aromatic heterocycles. The number of hydrogen-bond donors (Lipinski definition) is 17. The Morgan fingerprint density at radius 2 is 1.23 bits per heavy atom. The molecule has 3 radical (unpaired) electrons. The van der Waals surface area contributed by atoms with Crippen LogP contribution in [0, 0.1) is 38.5 Å². The van der Waals surface area contributed by atoms with Gasteiger partial charge < -0.3 is 92.4 Å². The topological polar surface area (TPSA) is 555 Å². The second-order valence-electron chi connectivity index (χ2n) is 14.3. The maximum atomic E-state index is 11.3. The molecular formula is C45H81AlClLiN21O9S. The van der Waals surface area contributed by atoms with Crippen LogP contribution in [-0.4, -0.2) is 151 Å². The predicted molar refractivity (Wildman–Crippen MR) is 307 cm³/mol. The molecule has 1 fully saturated rings. The number of rotatable bonds is 17. The SMILES string of the molecule is C.C=CC(=N)N.C=CC(N)=O.C=Cc1nc(C(=O)OCC)c(C)[nH]1.C=Cc1nc(CO)c(C)[nH]1.CCOC(=O)C(Cl)C(C)=O.Cc1[nH]c(C(N)CN=C(N)N)nc1CO.Cc1[nH]c(C2CN2N=S)nc1CO.N.N=C(N)N.[Al].[H-].[Li+]. The molecule has 0 aliphatic carbocycles. The van der Waals surface area contributed by atoms with Crippen LogP contribution in [0.2, 0.25) is 0 Å². The number of aryl methyl sites for hydroxylation is 4. The number of guanidine groups is 2. The molecule has 30 nitrogen and oxygen atoms in total. The number of aromatic nitrogens is 8. The van der Waals surface area contributed by atoms with Crippen molar-refractivity contribution < 1.29 is 64.3 Å². The Kier molecular flexibility index (Phi) is 52.2. The Labute approximate surface area is 494 Å². The predicted octanol–water partition coefficient (Wildman–Crippen LogP) is -2.03. The Morgan fingerprint density at radius 3 is 1.54 bits per heavy atom. The monoisotopic (exact) mass is 1160 g/mol. The molecule has 4 aromatic rings. The number of alkyl halides is 1. The Bertz CT molecular complexity index is 2500. The number of carbonyl (C=O) groups excluding carboxylic acids is 4. The summed E-state index contributed by atoms with van der Waals surface area (Å²) in [5.41, 5.74) is 40.0. The molecular weight excluding hydrogens is 1080 g/mol. The normalized spacial score (nSPS) is 11.2. The number of ether oxygens (including phenoxy) is 2. The average Bonchev–Trinajstić information content (AvgIpc) is 3.58. The second-order valence-corrected chi connectivity index (χ2v) is 14.9. The summed E-state index contributed by atoms with van der Waals surface area (Å²) in [6.45, 7) is 26.9. The number of H-pyrrole nitrogens is 4. The Balaban J connectivity index is -0.000000126. The van der Waals surface area contributed by atoms with E-state index in [1.807, 2.05) is 20.8 Å². The van der Waals surface area contributed by atoms with Crippen LogP contribution in [0.1, 0.15) is 115 Å². The van der Waals surface area contributed by atoms with E-state index in [0.29, 0.717) is 52.5 Å². The maximum absolute atomic E-state index is 11.3. The van der Waals surface area contributed by atoms with Crippen LogP contribution < -0.4 is 65.1 Å². The summed E-state index contributed by atoms with van der Waals surface area (Å²) in [6.07, 6.45) is 5.50. The van der Waals surface area contributed by atoms with E-state index in [-0.39, 0.29) is 114 Å². The number of esters is 2. The van der Waals surface area contributed by atoms with E-state index in [4.69, 9.17) is 65.4 Å². The van der Waals surface area contributed by atoms with Crippen molar-refractivity contribution in [3.05, 3.63) is 107 Å². The summed E-state index contributed by atoms with van der Waals surface area (Å²) in [5.74, 6) is 0.450. The minimum atomic E-state index is -1.14. The largest absolute Gasteiger partial charge is 1.00 e. The second kappa shape index (κ2) is 48.1. The average molecular weight is 1160 g/mol. The van der Waals surface area contributed by atoms with Crippen LogP contribution in [-0.2, 0) is 56.1 Å². The van der Waals surface area contributed by atoms with E-state index < -0.39 is 29.3 Å². The van der Waals surface area contributed by atoms with E-state index in [1.54, 1.807) is 37.9 Å². The minimum Gasteiger partial charge on any atom is -1.00 e. The summed E-state index contributed by atoms with van der Waals surface area (Å²) >= 11 is 9.86. The molecule has 79 heavy (non-hydrogen) atoms. The van der Waals surface area contributed by atoms with Gasteiger partial charge in [0.25, 0.3) is 0 Å². The molecule has 3 atom stereocenters. The van der Waals surface area contributed by atoms with Gasteiger partial charge in [-0.25, -0.2) is 29.5 Å². The molecule has 1 saturated heterocycles. The molecule has 0 spiro atoms. The first-order chi connectivity index (χ1) is 35.1. The number of primary amides is 1. The minimum absolute atomic E-state index is 0. The summed E-state index contributed by atoms with van der Waals surface area (Å²) < 4.78 is 12.9. The Hall–Kier alpha value is -7.07. The van der Waals surface area contributed by atoms with E-state index in [1.165, 1.54) is 13.0 Å². The van der Waals surface area contributed by atoms with Crippen molar-refractivity contribution >= 4 is 94.9 Å². The number of nitrogens with zero attached hydrogens (tertiary/aromatic N) is 7. The van der Waals surface area contributed by atoms with Crippen molar-refractivity contribution in [1.82, 2.24) is 51.0 Å². The first-order valence-corrected chi connectivity index (χ1v) is 22.6. The van der Waals surface area contributed by atoms with Gasteiger partial charge in [-0.15, -0.1) is 16.1 Å². The van der Waals surface area contributed by atoms with Gasteiger partial charge in [0.2, 0.25) is 5.91 Å². The van der Waals surface area contributed by atoms with Gasteiger partial charge >= 0.3 is 30.8 Å². The van der Waals surface area contributed by atoms with Crippen LogP contribution >= 0.6 is 11.6 Å². The van der Waals surface area contributed by atoms with E-state index >= 15 is 0 Å². The van der Waals surface area contributed by atoms with Gasteiger partial charge in [-0.1, -0.05) is 33.7 Å². The zero-order valence-corrected chi connectivity index (χ0v) is 48.1. The first kappa shape index (κ1) is 85.8. The van der Waals surface area contributed by atoms with Crippen molar-refractivity contribution in [3.8, 4) is 0 Å². The molecule has 0 aromatic carbocycles. The summed E-state index contributed by atoms with van der Waals surface area (Å²) in [7, 11) is 0. The number of imidazole rings is 4. The van der Waals surface area contributed by atoms with Crippen molar-refractivity contribution in [2.45, 2.75) is 93.2 Å². The van der Waals surface area contributed by atoms with Gasteiger partial charge in [0.15, 0.2) is 28.8 Å². The molecule has 0 bridgehead atoms. The number of Topliss-reactive ketones (excluding diaryl/α,β-unsaturated/α-hetero) is 1. The third kappa shape index (κ3) is 38.2. The summed E-state index contributed by atoms with van der Waals surface area (Å²) in [4.78, 5) is 73.9. The zero-order valence-electron chi connectivity index (χ0n) is 46.4. The molecule has 5 heterocycles. The summed E-state index contributed by atoms with van der Waals surface area (Å²) in [6, 6.07) is -0.206. The van der Waals surface area contributed by atoms with Gasteiger partial charge in [-0.2, -0.15) is 0 Å². The molecule has 1 aliphatic rings.